The number of pyridine rings is 2. The molecule has 4 heterocycles. The van der Waals surface area contributed by atoms with E-state index < -0.39 is 0 Å². The third kappa shape index (κ3) is 7.76. The molecule has 280 valence electrons. The molecular weight excluding hydrogens is 685 g/mol. The molecule has 0 bridgehead atoms. The van der Waals surface area contributed by atoms with Crippen LogP contribution in [-0.4, -0.2) is 44.6 Å². The number of hydrogen-bond donors (Lipinski definition) is 6. The number of fused-ring (bicyclic) bond motifs is 2. The SMILES string of the molecule is CC1(C)CC(=O)c2c([nH]c(-c3ccnc(NC4CCC4)c3)c2Nc2ccccc2)C1.CNc1cc(-c2[nH]c3c(c2Nc2ccccc2)C(=O)CCC3)ccn1. The van der Waals surface area contributed by atoms with E-state index in [4.69, 9.17) is 0 Å². The third-order valence-electron chi connectivity index (χ3n) is 10.7. The van der Waals surface area contributed by atoms with Crippen molar-refractivity contribution in [3.8, 4) is 22.5 Å². The monoisotopic (exact) mass is 732 g/mol. The Kier molecular flexibility index (Phi) is 9.97. The van der Waals surface area contributed by atoms with Crippen LogP contribution in [0.3, 0.4) is 0 Å². The van der Waals surface area contributed by atoms with E-state index in [0.29, 0.717) is 18.9 Å². The number of para-hydroxylation sites is 2. The van der Waals surface area contributed by atoms with Crippen molar-refractivity contribution >= 4 is 46.0 Å². The van der Waals surface area contributed by atoms with Gasteiger partial charge in [0.25, 0.3) is 0 Å². The highest BCUT2D eigenvalue weighted by Gasteiger charge is 2.36. The molecule has 0 unspecified atom stereocenters. The molecule has 0 spiro atoms. The summed E-state index contributed by atoms with van der Waals surface area (Å²) in [4.78, 5) is 41.6. The molecule has 0 aliphatic heterocycles. The summed E-state index contributed by atoms with van der Waals surface area (Å²) in [6.07, 6.45) is 11.1. The van der Waals surface area contributed by atoms with Crippen molar-refractivity contribution in [2.75, 3.05) is 28.3 Å². The molecular formula is C45H48N8O2. The van der Waals surface area contributed by atoms with Gasteiger partial charge in [0.2, 0.25) is 0 Å². The zero-order chi connectivity index (χ0) is 37.9. The van der Waals surface area contributed by atoms with E-state index >= 15 is 0 Å². The molecule has 0 amide bonds. The average molecular weight is 733 g/mol. The lowest BCUT2D eigenvalue weighted by Crippen LogP contribution is -2.27. The summed E-state index contributed by atoms with van der Waals surface area (Å²) in [5, 5.41) is 13.6. The van der Waals surface area contributed by atoms with Crippen molar-refractivity contribution in [1.29, 1.82) is 0 Å². The number of rotatable bonds is 9. The number of carbonyl (C=O) groups excluding carboxylic acids is 2. The fraction of sp³-hybridized carbons (Fsp3) is 0.289. The second kappa shape index (κ2) is 15.3. The molecule has 1 fully saturated rings. The fourth-order valence-corrected chi connectivity index (χ4v) is 7.82. The molecule has 0 radical (unpaired) electrons. The largest absolute Gasteiger partial charge is 0.373 e. The molecule has 0 saturated heterocycles. The molecule has 2 aromatic carbocycles. The van der Waals surface area contributed by atoms with Crippen molar-refractivity contribution in [3.05, 3.63) is 120 Å². The van der Waals surface area contributed by atoms with Crippen LogP contribution >= 0.6 is 0 Å². The Hall–Kier alpha value is -6.16. The van der Waals surface area contributed by atoms with Gasteiger partial charge in [-0.2, -0.15) is 0 Å². The third-order valence-corrected chi connectivity index (χ3v) is 10.7. The summed E-state index contributed by atoms with van der Waals surface area (Å²) in [6.45, 7) is 4.32. The summed E-state index contributed by atoms with van der Waals surface area (Å²) >= 11 is 0. The summed E-state index contributed by atoms with van der Waals surface area (Å²) in [6, 6.07) is 28.5. The van der Waals surface area contributed by atoms with Crippen LogP contribution < -0.4 is 21.3 Å². The molecule has 10 heteroatoms. The highest BCUT2D eigenvalue weighted by Crippen LogP contribution is 2.44. The van der Waals surface area contributed by atoms with Crippen LogP contribution in [0.1, 0.15) is 84.5 Å². The number of anilines is 6. The minimum absolute atomic E-state index is 0.0363. The minimum Gasteiger partial charge on any atom is -0.373 e. The number of benzene rings is 2. The first-order valence-corrected chi connectivity index (χ1v) is 19.3. The predicted molar refractivity (Wildman–Crippen MR) is 222 cm³/mol. The van der Waals surface area contributed by atoms with Crippen LogP contribution in [0, 0.1) is 5.41 Å². The molecule has 1 saturated carbocycles. The molecule has 3 aliphatic carbocycles. The van der Waals surface area contributed by atoms with Gasteiger partial charge in [-0.1, -0.05) is 50.2 Å². The van der Waals surface area contributed by atoms with Gasteiger partial charge in [0.05, 0.1) is 33.9 Å². The Bertz CT molecular complexity index is 2320. The zero-order valence-electron chi connectivity index (χ0n) is 31.7. The Morgan fingerprint density at radius 3 is 1.80 bits per heavy atom. The van der Waals surface area contributed by atoms with Gasteiger partial charge in [-0.15, -0.1) is 0 Å². The first kappa shape index (κ1) is 35.8. The summed E-state index contributed by atoms with van der Waals surface area (Å²) in [7, 11) is 1.85. The molecule has 6 aromatic rings. The Morgan fingerprint density at radius 2 is 1.22 bits per heavy atom. The summed E-state index contributed by atoms with van der Waals surface area (Å²) in [5.74, 6) is 2.08. The topological polar surface area (TPSA) is 140 Å². The van der Waals surface area contributed by atoms with Gasteiger partial charge in [0.1, 0.15) is 11.6 Å². The number of nitrogens with one attached hydrogen (secondary N) is 6. The average Bonchev–Trinajstić information content (AvgIpc) is 3.72. The van der Waals surface area contributed by atoms with Gasteiger partial charge in [-0.25, -0.2) is 9.97 Å². The van der Waals surface area contributed by atoms with Crippen LogP contribution in [0.2, 0.25) is 0 Å². The number of aryl methyl sites for hydroxylation is 1. The van der Waals surface area contributed by atoms with Crippen molar-refractivity contribution in [1.82, 2.24) is 19.9 Å². The summed E-state index contributed by atoms with van der Waals surface area (Å²) in [5.41, 5.74) is 11.2. The normalized spacial score (nSPS) is 15.8. The van der Waals surface area contributed by atoms with E-state index in [2.05, 4.69) is 61.1 Å². The molecule has 6 N–H and O–H groups in total. The second-order valence-corrected chi connectivity index (χ2v) is 15.5. The molecule has 9 rings (SSSR count). The zero-order valence-corrected chi connectivity index (χ0v) is 31.7. The second-order valence-electron chi connectivity index (χ2n) is 15.5. The summed E-state index contributed by atoms with van der Waals surface area (Å²) < 4.78 is 0. The minimum atomic E-state index is -0.0363. The number of ketones is 2. The highest BCUT2D eigenvalue weighted by molar-refractivity contribution is 6.08. The number of Topliss-reactive ketones (excluding diaryl/α,β-unsaturated/α-hetero) is 2. The van der Waals surface area contributed by atoms with E-state index in [1.54, 1.807) is 6.20 Å². The maximum Gasteiger partial charge on any atom is 0.167 e. The lowest BCUT2D eigenvalue weighted by molar-refractivity contribution is 0.0911. The molecule has 10 nitrogen and oxygen atoms in total. The van der Waals surface area contributed by atoms with E-state index in [-0.39, 0.29) is 17.0 Å². The van der Waals surface area contributed by atoms with Crippen LogP contribution in [0.4, 0.5) is 34.4 Å². The Morgan fingerprint density at radius 1 is 0.655 bits per heavy atom. The standard InChI is InChI=1S/C25H28N4O.C20H20N4O/c1-25(2)14-19-22(20(30)15-25)24(28-18-7-4-3-5-8-18)23(29-19)16-11-12-26-21(13-16)27-17-9-6-10-17;1-21-17-12-13(10-11-22-17)19-20(23-14-6-3-2-4-7-14)18-15(24-19)8-5-9-16(18)25/h3-5,7-8,11-13,17,28-29H,6,9-10,14-15H2,1-2H3,(H,26,27);2-4,6-7,10-12,23-24H,5,8-9H2,1H3,(H,21,22). The van der Waals surface area contributed by atoms with Crippen LogP contribution in [0.5, 0.6) is 0 Å². The number of aromatic nitrogens is 4. The van der Waals surface area contributed by atoms with Crippen molar-refractivity contribution < 1.29 is 9.59 Å². The van der Waals surface area contributed by atoms with Gasteiger partial charge in [0.15, 0.2) is 11.6 Å². The molecule has 3 aliphatic rings. The lowest BCUT2D eigenvalue weighted by Gasteiger charge is -2.28. The Labute approximate surface area is 322 Å². The van der Waals surface area contributed by atoms with Gasteiger partial charge >= 0.3 is 0 Å². The van der Waals surface area contributed by atoms with Crippen LogP contribution in [-0.2, 0) is 12.8 Å². The predicted octanol–water partition coefficient (Wildman–Crippen LogP) is 10.3. The maximum absolute atomic E-state index is 13.1. The van der Waals surface area contributed by atoms with Crippen molar-refractivity contribution in [3.63, 3.8) is 0 Å². The number of aromatic amines is 2. The smallest absolute Gasteiger partial charge is 0.167 e. The van der Waals surface area contributed by atoms with Crippen LogP contribution in [0.25, 0.3) is 22.5 Å². The van der Waals surface area contributed by atoms with Gasteiger partial charge < -0.3 is 31.2 Å². The first-order chi connectivity index (χ1) is 26.7. The van der Waals surface area contributed by atoms with E-state index in [9.17, 15) is 9.59 Å². The fourth-order valence-electron chi connectivity index (χ4n) is 7.82. The van der Waals surface area contributed by atoms with E-state index in [0.717, 1.165) is 98.7 Å². The molecule has 4 aromatic heterocycles. The van der Waals surface area contributed by atoms with Crippen molar-refractivity contribution in [2.45, 2.75) is 71.3 Å². The van der Waals surface area contributed by atoms with E-state index in [1.165, 1.54) is 19.3 Å². The Balaban J connectivity index is 0.000000158. The number of H-pyrrole nitrogens is 2. The first-order valence-electron chi connectivity index (χ1n) is 19.3. The number of carbonyl (C=O) groups is 2. The highest BCUT2D eigenvalue weighted by atomic mass is 16.1. The van der Waals surface area contributed by atoms with Crippen LogP contribution in [0.15, 0.2) is 97.3 Å². The van der Waals surface area contributed by atoms with E-state index in [1.807, 2.05) is 92.1 Å². The van der Waals surface area contributed by atoms with Gasteiger partial charge in [-0.05, 0) is 92.5 Å². The quantitative estimate of drug-likeness (QED) is 0.0863. The van der Waals surface area contributed by atoms with Gasteiger partial charge in [0, 0.05) is 72.2 Å². The maximum atomic E-state index is 13.1. The lowest BCUT2D eigenvalue weighted by atomic mass is 9.76. The number of hydrogen-bond acceptors (Lipinski definition) is 8. The molecule has 55 heavy (non-hydrogen) atoms. The van der Waals surface area contributed by atoms with Crippen molar-refractivity contribution in [2.24, 2.45) is 5.41 Å². The number of nitrogens with zero attached hydrogens (tertiary/aromatic N) is 2. The molecule has 0 atom stereocenters. The van der Waals surface area contributed by atoms with Gasteiger partial charge in [-0.3, -0.25) is 9.59 Å².